The van der Waals surface area contributed by atoms with E-state index in [1.807, 2.05) is 41.1 Å². The summed E-state index contributed by atoms with van der Waals surface area (Å²) >= 11 is 0. The third-order valence-electron chi connectivity index (χ3n) is 3.95. The van der Waals surface area contributed by atoms with Gasteiger partial charge in [0.2, 0.25) is 17.8 Å². The number of unbranched alkanes of at least 4 members (excludes halogenated alkanes) is 3. The van der Waals surface area contributed by atoms with Crippen LogP contribution in [0, 0.1) is 0 Å². The van der Waals surface area contributed by atoms with Gasteiger partial charge in [-0.15, -0.1) is 0 Å². The minimum Gasteiger partial charge on any atom is -0.368 e. The molecule has 7 nitrogen and oxygen atoms in total. The minimum atomic E-state index is 0.0970. The van der Waals surface area contributed by atoms with Crippen LogP contribution in [0.3, 0.4) is 0 Å². The molecule has 25 heavy (non-hydrogen) atoms. The standard InChI is InChI=1S/C18H23N7/c1-2-3-4-8-11-14-12-25(18-23-16(19)22-17(20)24-18)15(21-14)13-9-6-5-7-10-13/h5-7,9-10,12H,2-4,8,11H2,1H3,(H4,19,20,22,23,24). The Morgan fingerprint density at radius 2 is 1.60 bits per heavy atom. The maximum atomic E-state index is 5.73. The lowest BCUT2D eigenvalue weighted by molar-refractivity contribution is 0.662. The van der Waals surface area contributed by atoms with Crippen LogP contribution in [-0.2, 0) is 6.42 Å². The van der Waals surface area contributed by atoms with Gasteiger partial charge in [0.25, 0.3) is 0 Å². The first-order chi connectivity index (χ1) is 12.2. The highest BCUT2D eigenvalue weighted by atomic mass is 15.3. The maximum Gasteiger partial charge on any atom is 0.242 e. The van der Waals surface area contributed by atoms with Crippen molar-refractivity contribution in [1.29, 1.82) is 0 Å². The summed E-state index contributed by atoms with van der Waals surface area (Å²) in [5, 5.41) is 0. The molecule has 130 valence electrons. The number of anilines is 2. The number of rotatable bonds is 7. The van der Waals surface area contributed by atoms with Crippen molar-refractivity contribution in [1.82, 2.24) is 24.5 Å². The molecule has 0 aliphatic rings. The van der Waals surface area contributed by atoms with Gasteiger partial charge in [-0.1, -0.05) is 56.5 Å². The Labute approximate surface area is 147 Å². The second kappa shape index (κ2) is 7.74. The second-order valence-electron chi connectivity index (χ2n) is 5.95. The van der Waals surface area contributed by atoms with Crippen molar-refractivity contribution in [3.05, 3.63) is 42.2 Å². The molecule has 0 radical (unpaired) electrons. The molecule has 0 aliphatic heterocycles. The summed E-state index contributed by atoms with van der Waals surface area (Å²) < 4.78 is 1.83. The van der Waals surface area contributed by atoms with E-state index < -0.39 is 0 Å². The lowest BCUT2D eigenvalue weighted by Gasteiger charge is -2.06. The summed E-state index contributed by atoms with van der Waals surface area (Å²) in [5.41, 5.74) is 13.5. The fourth-order valence-corrected chi connectivity index (χ4v) is 2.73. The molecule has 2 heterocycles. The Morgan fingerprint density at radius 1 is 0.880 bits per heavy atom. The van der Waals surface area contributed by atoms with Crippen molar-refractivity contribution in [2.24, 2.45) is 0 Å². The van der Waals surface area contributed by atoms with E-state index in [1.54, 1.807) is 0 Å². The van der Waals surface area contributed by atoms with E-state index in [0.717, 1.165) is 29.9 Å². The molecule has 0 saturated carbocycles. The van der Waals surface area contributed by atoms with Crippen LogP contribution in [0.4, 0.5) is 11.9 Å². The van der Waals surface area contributed by atoms with Gasteiger partial charge in [0.15, 0.2) is 0 Å². The Balaban J connectivity index is 1.98. The Hall–Kier alpha value is -2.96. The third-order valence-corrected chi connectivity index (χ3v) is 3.95. The summed E-state index contributed by atoms with van der Waals surface area (Å²) in [5.74, 6) is 1.35. The van der Waals surface area contributed by atoms with Crippen LogP contribution in [0.15, 0.2) is 36.5 Å². The highest BCUT2D eigenvalue weighted by Crippen LogP contribution is 2.22. The molecule has 4 N–H and O–H groups in total. The Bertz CT molecular complexity index is 806. The average Bonchev–Trinajstić information content (AvgIpc) is 3.03. The fourth-order valence-electron chi connectivity index (χ4n) is 2.73. The summed E-state index contributed by atoms with van der Waals surface area (Å²) in [6.07, 6.45) is 7.65. The van der Waals surface area contributed by atoms with Gasteiger partial charge in [-0.25, -0.2) is 4.98 Å². The van der Waals surface area contributed by atoms with Crippen LogP contribution in [0.1, 0.15) is 38.3 Å². The predicted molar refractivity (Wildman–Crippen MR) is 99.1 cm³/mol. The van der Waals surface area contributed by atoms with Gasteiger partial charge in [0.05, 0.1) is 5.69 Å². The third kappa shape index (κ3) is 4.12. The van der Waals surface area contributed by atoms with Crippen LogP contribution < -0.4 is 11.5 Å². The molecule has 0 amide bonds. The smallest absolute Gasteiger partial charge is 0.242 e. The first kappa shape index (κ1) is 16.9. The number of nitrogens with zero attached hydrogens (tertiary/aromatic N) is 5. The van der Waals surface area contributed by atoms with Crippen molar-refractivity contribution in [3.8, 4) is 17.3 Å². The van der Waals surface area contributed by atoms with Gasteiger partial charge in [-0.3, -0.25) is 4.57 Å². The SMILES string of the molecule is CCCCCCc1cn(-c2nc(N)nc(N)n2)c(-c2ccccc2)n1. The molecule has 0 spiro atoms. The van der Waals surface area contributed by atoms with Gasteiger partial charge in [-0.05, 0) is 12.8 Å². The molecule has 0 saturated heterocycles. The van der Waals surface area contributed by atoms with E-state index in [4.69, 9.17) is 16.5 Å². The number of aryl methyl sites for hydroxylation is 1. The first-order valence-corrected chi connectivity index (χ1v) is 8.58. The zero-order valence-electron chi connectivity index (χ0n) is 14.4. The van der Waals surface area contributed by atoms with Crippen molar-refractivity contribution >= 4 is 11.9 Å². The summed E-state index contributed by atoms with van der Waals surface area (Å²) in [6, 6.07) is 9.94. The zero-order chi connectivity index (χ0) is 17.6. The molecule has 3 rings (SSSR count). The summed E-state index contributed by atoms with van der Waals surface area (Å²) in [7, 11) is 0. The largest absolute Gasteiger partial charge is 0.368 e. The van der Waals surface area contributed by atoms with Crippen LogP contribution in [0.5, 0.6) is 0 Å². The minimum absolute atomic E-state index is 0.0970. The van der Waals surface area contributed by atoms with Gasteiger partial charge in [0.1, 0.15) is 5.82 Å². The number of imidazole rings is 1. The number of hydrogen-bond donors (Lipinski definition) is 2. The molecule has 0 bridgehead atoms. The van der Waals surface area contributed by atoms with E-state index in [-0.39, 0.29) is 11.9 Å². The lowest BCUT2D eigenvalue weighted by atomic mass is 10.1. The molecule has 0 fully saturated rings. The molecule has 0 unspecified atom stereocenters. The number of benzene rings is 1. The number of nitrogen functional groups attached to an aromatic ring is 2. The first-order valence-electron chi connectivity index (χ1n) is 8.58. The maximum absolute atomic E-state index is 5.73. The van der Waals surface area contributed by atoms with Crippen LogP contribution in [0.2, 0.25) is 0 Å². The summed E-state index contributed by atoms with van der Waals surface area (Å²) in [4.78, 5) is 17.1. The quantitative estimate of drug-likeness (QED) is 0.641. The monoisotopic (exact) mass is 337 g/mol. The van der Waals surface area contributed by atoms with Gasteiger partial charge < -0.3 is 11.5 Å². The molecule has 7 heteroatoms. The normalized spacial score (nSPS) is 10.9. The van der Waals surface area contributed by atoms with Gasteiger partial charge in [0, 0.05) is 11.8 Å². The zero-order valence-corrected chi connectivity index (χ0v) is 14.4. The topological polar surface area (TPSA) is 109 Å². The lowest BCUT2D eigenvalue weighted by Crippen LogP contribution is -2.09. The number of aromatic nitrogens is 5. The predicted octanol–water partition coefficient (Wildman–Crippen LogP) is 3.01. The van der Waals surface area contributed by atoms with Crippen LogP contribution in [-0.4, -0.2) is 24.5 Å². The Kier molecular flexibility index (Phi) is 5.23. The van der Waals surface area contributed by atoms with E-state index >= 15 is 0 Å². The highest BCUT2D eigenvalue weighted by Gasteiger charge is 2.14. The van der Waals surface area contributed by atoms with E-state index in [9.17, 15) is 0 Å². The molecule has 1 aromatic carbocycles. The van der Waals surface area contributed by atoms with Crippen LogP contribution in [0.25, 0.3) is 17.3 Å². The Morgan fingerprint density at radius 3 is 2.28 bits per heavy atom. The van der Waals surface area contributed by atoms with Crippen molar-refractivity contribution < 1.29 is 0 Å². The van der Waals surface area contributed by atoms with Gasteiger partial charge >= 0.3 is 0 Å². The van der Waals surface area contributed by atoms with E-state index in [2.05, 4.69) is 21.9 Å². The molecule has 0 atom stereocenters. The van der Waals surface area contributed by atoms with Crippen molar-refractivity contribution in [2.45, 2.75) is 39.0 Å². The average molecular weight is 337 g/mol. The molecular weight excluding hydrogens is 314 g/mol. The van der Waals surface area contributed by atoms with E-state index in [1.165, 1.54) is 19.3 Å². The number of hydrogen-bond acceptors (Lipinski definition) is 6. The fraction of sp³-hybridized carbons (Fsp3) is 0.333. The molecule has 3 aromatic rings. The van der Waals surface area contributed by atoms with Gasteiger partial charge in [-0.2, -0.15) is 15.0 Å². The van der Waals surface area contributed by atoms with Crippen molar-refractivity contribution in [2.75, 3.05) is 11.5 Å². The molecular formula is C18H23N7. The highest BCUT2D eigenvalue weighted by molar-refractivity contribution is 5.58. The van der Waals surface area contributed by atoms with E-state index in [0.29, 0.717) is 5.95 Å². The van der Waals surface area contributed by atoms with Crippen molar-refractivity contribution in [3.63, 3.8) is 0 Å². The second-order valence-corrected chi connectivity index (χ2v) is 5.95. The molecule has 0 aliphatic carbocycles. The summed E-state index contributed by atoms with van der Waals surface area (Å²) in [6.45, 7) is 2.21. The number of nitrogens with two attached hydrogens (primary N) is 2. The van der Waals surface area contributed by atoms with Crippen LogP contribution >= 0.6 is 0 Å². The molecule has 2 aromatic heterocycles.